The molecule has 0 fully saturated rings. The van der Waals surface area contributed by atoms with Gasteiger partial charge in [0.05, 0.1) is 0 Å². The number of nitrogens with two attached hydrogens (primary N) is 4. The molecule has 1 rings (SSSR count). The Morgan fingerprint density at radius 2 is 1.44 bits per heavy atom. The van der Waals surface area contributed by atoms with Crippen molar-refractivity contribution in [2.45, 2.75) is 63.7 Å². The van der Waals surface area contributed by atoms with Gasteiger partial charge < -0.3 is 43.6 Å². The van der Waals surface area contributed by atoms with Crippen LogP contribution in [0.15, 0.2) is 29.3 Å². The van der Waals surface area contributed by atoms with Crippen molar-refractivity contribution in [3.05, 3.63) is 35.4 Å². The number of alkyl halides is 3. The summed E-state index contributed by atoms with van der Waals surface area (Å²) in [5, 5.41) is 20.0. The molecule has 0 heterocycles. The molecule has 45 heavy (non-hydrogen) atoms. The summed E-state index contributed by atoms with van der Waals surface area (Å²) in [7, 11) is 3.09. The first-order chi connectivity index (χ1) is 20.8. The van der Waals surface area contributed by atoms with Gasteiger partial charge in [-0.1, -0.05) is 44.0 Å². The SMILES string of the molecule is CCCC[C@H](NC(=O)C(Cc1ccc(C(=N)N)cc1)C(=O)N(C)C)C(=O)N[C@@H](CCCN=C(N)N)C(N)=O.O=C(O)C(F)(F)F. The highest BCUT2D eigenvalue weighted by Gasteiger charge is 2.38. The number of primary amides is 1. The van der Waals surface area contributed by atoms with E-state index in [-0.39, 0.29) is 31.2 Å². The number of rotatable bonds is 16. The van der Waals surface area contributed by atoms with Crippen LogP contribution in [0.25, 0.3) is 0 Å². The van der Waals surface area contributed by atoms with Crippen molar-refractivity contribution in [2.24, 2.45) is 33.8 Å². The van der Waals surface area contributed by atoms with E-state index in [4.69, 9.17) is 38.2 Å². The maximum absolute atomic E-state index is 13.3. The molecule has 0 saturated heterocycles. The third-order valence-corrected chi connectivity index (χ3v) is 6.09. The molecule has 0 saturated carbocycles. The minimum Gasteiger partial charge on any atom is -0.475 e. The summed E-state index contributed by atoms with van der Waals surface area (Å²) in [6.45, 7) is 2.20. The Hall–Kier alpha value is -4.90. The molecule has 4 amide bonds. The van der Waals surface area contributed by atoms with Gasteiger partial charge in [0.15, 0.2) is 5.96 Å². The number of hydrogen-bond acceptors (Lipinski definition) is 7. The van der Waals surface area contributed by atoms with E-state index < -0.39 is 53.8 Å². The molecule has 0 aliphatic heterocycles. The molecule has 0 spiro atoms. The molecular weight excluding hydrogens is 603 g/mol. The van der Waals surface area contributed by atoms with Crippen LogP contribution in [0.4, 0.5) is 13.2 Å². The maximum atomic E-state index is 13.3. The monoisotopic (exact) mass is 645 g/mol. The fourth-order valence-corrected chi connectivity index (χ4v) is 3.67. The summed E-state index contributed by atoms with van der Waals surface area (Å²) in [5.41, 5.74) is 22.8. The highest BCUT2D eigenvalue weighted by atomic mass is 19.4. The fourth-order valence-electron chi connectivity index (χ4n) is 3.67. The molecule has 18 heteroatoms. The molecule has 1 unspecified atom stereocenters. The Balaban J connectivity index is 0.00000246. The van der Waals surface area contributed by atoms with Crippen LogP contribution in [0.5, 0.6) is 0 Å². The molecule has 252 valence electrons. The van der Waals surface area contributed by atoms with Crippen molar-refractivity contribution in [1.82, 2.24) is 15.5 Å². The van der Waals surface area contributed by atoms with E-state index in [1.165, 1.54) is 4.90 Å². The molecule has 12 N–H and O–H groups in total. The van der Waals surface area contributed by atoms with Crippen molar-refractivity contribution < 1.29 is 42.3 Å². The number of carbonyl (C=O) groups excluding carboxylic acids is 4. The van der Waals surface area contributed by atoms with Gasteiger partial charge in [0.1, 0.15) is 23.8 Å². The Labute approximate surface area is 258 Å². The second kappa shape index (κ2) is 19.4. The number of carbonyl (C=O) groups is 5. The van der Waals surface area contributed by atoms with E-state index in [0.717, 1.165) is 6.42 Å². The second-order valence-electron chi connectivity index (χ2n) is 10.0. The minimum absolute atomic E-state index is 0.0800. The Morgan fingerprint density at radius 3 is 1.87 bits per heavy atom. The molecule has 1 aromatic rings. The van der Waals surface area contributed by atoms with Gasteiger partial charge in [-0.15, -0.1) is 0 Å². The number of aliphatic imine (C=N–C) groups is 1. The van der Waals surface area contributed by atoms with Crippen molar-refractivity contribution >= 4 is 41.4 Å². The van der Waals surface area contributed by atoms with Crippen molar-refractivity contribution in [3.63, 3.8) is 0 Å². The van der Waals surface area contributed by atoms with Crippen molar-refractivity contribution in [2.75, 3.05) is 20.6 Å². The van der Waals surface area contributed by atoms with Crippen LogP contribution >= 0.6 is 0 Å². The highest BCUT2D eigenvalue weighted by Crippen LogP contribution is 2.15. The van der Waals surface area contributed by atoms with Crippen LogP contribution in [0.1, 0.15) is 50.2 Å². The zero-order valence-corrected chi connectivity index (χ0v) is 25.3. The molecular formula is C27H42F3N9O6. The smallest absolute Gasteiger partial charge is 0.475 e. The quantitative estimate of drug-likeness (QED) is 0.0500. The summed E-state index contributed by atoms with van der Waals surface area (Å²) < 4.78 is 31.7. The summed E-state index contributed by atoms with van der Waals surface area (Å²) >= 11 is 0. The second-order valence-corrected chi connectivity index (χ2v) is 10.0. The lowest BCUT2D eigenvalue weighted by Crippen LogP contribution is -2.54. The number of guanidine groups is 1. The van der Waals surface area contributed by atoms with Crippen LogP contribution < -0.4 is 33.6 Å². The molecule has 0 aromatic heterocycles. The van der Waals surface area contributed by atoms with Crippen molar-refractivity contribution in [1.29, 1.82) is 5.41 Å². The number of amides is 4. The van der Waals surface area contributed by atoms with E-state index in [2.05, 4.69) is 15.6 Å². The normalized spacial score (nSPS) is 12.7. The number of halogens is 3. The Morgan fingerprint density at radius 1 is 0.933 bits per heavy atom. The number of amidine groups is 1. The van der Waals surface area contributed by atoms with Gasteiger partial charge in [-0.3, -0.25) is 29.6 Å². The van der Waals surface area contributed by atoms with Crippen LogP contribution in [0, 0.1) is 11.3 Å². The van der Waals surface area contributed by atoms with Crippen LogP contribution in [-0.2, 0) is 30.4 Å². The average Bonchev–Trinajstić information content (AvgIpc) is 2.94. The lowest BCUT2D eigenvalue weighted by Gasteiger charge is -2.25. The number of carboxylic acid groups (broad SMARTS) is 1. The lowest BCUT2D eigenvalue weighted by atomic mass is 9.95. The lowest BCUT2D eigenvalue weighted by molar-refractivity contribution is -0.192. The average molecular weight is 646 g/mol. The third-order valence-electron chi connectivity index (χ3n) is 6.09. The largest absolute Gasteiger partial charge is 0.490 e. The Kier molecular flexibility index (Phi) is 17.3. The number of nitrogens with one attached hydrogen (secondary N) is 3. The van der Waals surface area contributed by atoms with Crippen LogP contribution in [0.3, 0.4) is 0 Å². The van der Waals surface area contributed by atoms with Crippen molar-refractivity contribution in [3.8, 4) is 0 Å². The van der Waals surface area contributed by atoms with Gasteiger partial charge >= 0.3 is 12.1 Å². The third kappa shape index (κ3) is 15.9. The molecule has 0 aliphatic rings. The number of unbranched alkanes of at least 4 members (excludes halogenated alkanes) is 1. The highest BCUT2D eigenvalue weighted by molar-refractivity contribution is 6.02. The molecule has 0 bridgehead atoms. The zero-order valence-electron chi connectivity index (χ0n) is 25.3. The summed E-state index contributed by atoms with van der Waals surface area (Å²) in [4.78, 5) is 65.3. The van der Waals surface area contributed by atoms with Gasteiger partial charge in [0.25, 0.3) is 0 Å². The summed E-state index contributed by atoms with van der Waals surface area (Å²) in [5.74, 6) is -6.36. The van der Waals surface area contributed by atoms with E-state index in [1.807, 2.05) is 6.92 Å². The topological polar surface area (TPSA) is 273 Å². The van der Waals surface area contributed by atoms with E-state index in [9.17, 15) is 32.3 Å². The predicted octanol–water partition coefficient (Wildman–Crippen LogP) is -0.450. The van der Waals surface area contributed by atoms with E-state index in [1.54, 1.807) is 38.4 Å². The fraction of sp³-hybridized carbons (Fsp3) is 0.519. The molecule has 0 radical (unpaired) electrons. The first-order valence-electron chi connectivity index (χ1n) is 13.7. The number of nitrogen functional groups attached to an aromatic ring is 1. The van der Waals surface area contributed by atoms with Gasteiger partial charge in [-0.05, 0) is 31.2 Å². The van der Waals surface area contributed by atoms with Gasteiger partial charge in [-0.25, -0.2) is 4.79 Å². The van der Waals surface area contributed by atoms with Crippen LogP contribution in [0.2, 0.25) is 0 Å². The molecule has 1 aromatic carbocycles. The molecule has 3 atom stereocenters. The first kappa shape index (κ1) is 40.1. The first-order valence-corrected chi connectivity index (χ1v) is 13.7. The van der Waals surface area contributed by atoms with E-state index >= 15 is 0 Å². The maximum Gasteiger partial charge on any atom is 0.490 e. The number of benzene rings is 1. The minimum atomic E-state index is -5.08. The molecule has 0 aliphatic carbocycles. The number of nitrogens with zero attached hydrogens (tertiary/aromatic N) is 2. The van der Waals surface area contributed by atoms with Gasteiger partial charge in [0, 0.05) is 26.2 Å². The number of hydrogen-bond donors (Lipinski definition) is 8. The zero-order chi connectivity index (χ0) is 34.9. The number of carboxylic acids is 1. The van der Waals surface area contributed by atoms with E-state index in [0.29, 0.717) is 30.4 Å². The standard InChI is InChI=1S/C25H41N9O4.C2HF3O2/c1-4-5-7-19(23(37)32-18(21(28)35)8-6-13-31-25(29)30)33-22(36)17(24(38)34(2)3)14-15-9-11-16(12-10-15)20(26)27;3-2(4,5)1(6)7/h9-12,17-19H,4-8,13-14H2,1-3H3,(H3,26,27)(H2,28,35)(H,32,37)(H,33,36)(H4,29,30,31);(H,6,7)/t17?,18-,19-;/m0./s1. The predicted molar refractivity (Wildman–Crippen MR) is 160 cm³/mol. The number of aliphatic carboxylic acids is 1. The van der Waals surface area contributed by atoms with Gasteiger partial charge in [-0.2, -0.15) is 13.2 Å². The Bertz CT molecular complexity index is 1200. The van der Waals surface area contributed by atoms with Gasteiger partial charge in [0.2, 0.25) is 23.6 Å². The molecule has 15 nitrogen and oxygen atoms in total. The van der Waals surface area contributed by atoms with Crippen LogP contribution in [-0.4, -0.2) is 90.3 Å². The summed E-state index contributed by atoms with van der Waals surface area (Å²) in [6.07, 6.45) is -2.69. The summed E-state index contributed by atoms with van der Waals surface area (Å²) in [6, 6.07) is 4.72.